The van der Waals surface area contributed by atoms with Crippen molar-refractivity contribution in [3.63, 3.8) is 0 Å². The Morgan fingerprint density at radius 1 is 1.26 bits per heavy atom. The lowest BCUT2D eigenvalue weighted by Gasteiger charge is -2.30. The van der Waals surface area contributed by atoms with E-state index in [9.17, 15) is 8.42 Å². The summed E-state index contributed by atoms with van der Waals surface area (Å²) in [4.78, 5) is 6.89. The molecule has 2 rings (SSSR count). The Morgan fingerprint density at radius 3 is 2.52 bits per heavy atom. The second-order valence-electron chi connectivity index (χ2n) is 7.17. The normalized spacial score (nSPS) is 25.7. The summed E-state index contributed by atoms with van der Waals surface area (Å²) in [6, 6.07) is 0.304. The van der Waals surface area contributed by atoms with Crippen LogP contribution in [-0.4, -0.2) is 70.2 Å². The third-order valence-corrected chi connectivity index (χ3v) is 6.32. The molecule has 134 valence electrons. The molecule has 2 fully saturated rings. The minimum Gasteiger partial charge on any atom is -0.381 e. The maximum absolute atomic E-state index is 11.6. The first-order valence-electron chi connectivity index (χ1n) is 8.66. The average Bonchev–Trinajstić information content (AvgIpc) is 2.83. The summed E-state index contributed by atoms with van der Waals surface area (Å²) in [5.74, 6) is 2.30. The van der Waals surface area contributed by atoms with Crippen LogP contribution in [0.15, 0.2) is 4.99 Å². The van der Waals surface area contributed by atoms with Gasteiger partial charge in [0.25, 0.3) is 0 Å². The van der Waals surface area contributed by atoms with E-state index in [0.717, 1.165) is 45.0 Å². The summed E-state index contributed by atoms with van der Waals surface area (Å²) in [6.07, 6.45) is 2.94. The highest BCUT2D eigenvalue weighted by molar-refractivity contribution is 7.91. The topological polar surface area (TPSA) is 71.0 Å². The predicted molar refractivity (Wildman–Crippen MR) is 93.5 cm³/mol. The number of nitrogens with zero attached hydrogens (tertiary/aromatic N) is 2. The molecule has 2 aliphatic heterocycles. The van der Waals surface area contributed by atoms with Gasteiger partial charge in [-0.2, -0.15) is 0 Å². The summed E-state index contributed by atoms with van der Waals surface area (Å²) < 4.78 is 28.6. The number of nitrogens with one attached hydrogen (secondary N) is 1. The van der Waals surface area contributed by atoms with Crippen molar-refractivity contribution in [2.45, 2.75) is 39.2 Å². The minimum atomic E-state index is -2.83. The summed E-state index contributed by atoms with van der Waals surface area (Å²) in [5, 5.41) is 3.41. The molecular weight excluding hydrogens is 314 g/mol. The van der Waals surface area contributed by atoms with Crippen LogP contribution in [0.4, 0.5) is 0 Å². The van der Waals surface area contributed by atoms with Crippen molar-refractivity contribution in [1.82, 2.24) is 10.2 Å². The predicted octanol–water partition coefficient (Wildman–Crippen LogP) is 1.13. The molecule has 2 heterocycles. The zero-order chi connectivity index (χ0) is 16.9. The second-order valence-corrected chi connectivity index (χ2v) is 9.40. The van der Waals surface area contributed by atoms with Crippen LogP contribution in [0.5, 0.6) is 0 Å². The Morgan fingerprint density at radius 2 is 1.96 bits per heavy atom. The lowest BCUT2D eigenvalue weighted by molar-refractivity contribution is 0.0609. The van der Waals surface area contributed by atoms with E-state index in [0.29, 0.717) is 24.3 Å². The number of aliphatic imine (C=N–C) groups is 1. The maximum Gasteiger partial charge on any atom is 0.193 e. The molecule has 0 saturated carbocycles. The molecule has 0 aromatic carbocycles. The fourth-order valence-corrected chi connectivity index (χ4v) is 5.02. The third-order valence-electron chi connectivity index (χ3n) is 4.48. The van der Waals surface area contributed by atoms with Crippen LogP contribution >= 0.6 is 0 Å². The summed E-state index contributed by atoms with van der Waals surface area (Å²) in [7, 11) is -0.762. The van der Waals surface area contributed by atoms with Crippen LogP contribution in [0, 0.1) is 11.8 Å². The van der Waals surface area contributed by atoms with Crippen molar-refractivity contribution < 1.29 is 13.2 Å². The van der Waals surface area contributed by atoms with Crippen molar-refractivity contribution in [2.24, 2.45) is 16.8 Å². The lowest BCUT2D eigenvalue weighted by Crippen LogP contribution is -2.45. The van der Waals surface area contributed by atoms with Gasteiger partial charge >= 0.3 is 0 Å². The monoisotopic (exact) mass is 345 g/mol. The van der Waals surface area contributed by atoms with Crippen LogP contribution in [-0.2, 0) is 14.6 Å². The van der Waals surface area contributed by atoms with Crippen molar-refractivity contribution in [3.05, 3.63) is 0 Å². The molecule has 0 aliphatic carbocycles. The Bertz CT molecular complexity index is 499. The largest absolute Gasteiger partial charge is 0.381 e. The number of guanidine groups is 1. The molecule has 0 spiro atoms. The van der Waals surface area contributed by atoms with Gasteiger partial charge in [-0.25, -0.2) is 8.42 Å². The summed E-state index contributed by atoms with van der Waals surface area (Å²) in [6.45, 7) is 7.44. The van der Waals surface area contributed by atoms with Crippen molar-refractivity contribution >= 4 is 15.8 Å². The summed E-state index contributed by atoms with van der Waals surface area (Å²) in [5.41, 5.74) is 0. The quantitative estimate of drug-likeness (QED) is 0.597. The van der Waals surface area contributed by atoms with Crippen LogP contribution < -0.4 is 5.32 Å². The molecule has 0 radical (unpaired) electrons. The molecule has 1 atom stereocenters. The molecular formula is C16H31N3O3S. The Kier molecular flexibility index (Phi) is 6.71. The number of hydrogen-bond acceptors (Lipinski definition) is 4. The average molecular weight is 346 g/mol. The molecule has 2 saturated heterocycles. The lowest BCUT2D eigenvalue weighted by atomic mass is 10.00. The van der Waals surface area contributed by atoms with Gasteiger partial charge in [0.15, 0.2) is 15.8 Å². The first-order valence-corrected chi connectivity index (χ1v) is 10.5. The number of rotatable bonds is 5. The van der Waals surface area contributed by atoms with Gasteiger partial charge in [0, 0.05) is 39.4 Å². The minimum absolute atomic E-state index is 0.167. The molecule has 0 aromatic rings. The van der Waals surface area contributed by atoms with Gasteiger partial charge in [0.05, 0.1) is 11.5 Å². The third kappa shape index (κ3) is 6.30. The van der Waals surface area contributed by atoms with Gasteiger partial charge in [0.2, 0.25) is 0 Å². The van der Waals surface area contributed by atoms with Crippen molar-refractivity contribution in [3.8, 4) is 0 Å². The van der Waals surface area contributed by atoms with Crippen LogP contribution in [0.2, 0.25) is 0 Å². The molecule has 0 amide bonds. The first kappa shape index (κ1) is 18.5. The molecule has 1 N–H and O–H groups in total. The first-order chi connectivity index (χ1) is 10.9. The van der Waals surface area contributed by atoms with Crippen molar-refractivity contribution in [1.29, 1.82) is 0 Å². The molecule has 6 nitrogen and oxygen atoms in total. The van der Waals surface area contributed by atoms with E-state index in [1.54, 1.807) is 0 Å². The van der Waals surface area contributed by atoms with Gasteiger partial charge in [0.1, 0.15) is 0 Å². The molecule has 0 bridgehead atoms. The highest BCUT2D eigenvalue weighted by Crippen LogP contribution is 2.19. The maximum atomic E-state index is 11.6. The number of sulfone groups is 1. The standard InChI is InChI=1S/C16H31N3O3S/c1-13(2)18-16(17-10-15-6-9-23(20,21)12-15)19(3)11-14-4-7-22-8-5-14/h13-15H,4-12H2,1-3H3,(H,17,18). The van der Waals surface area contributed by atoms with Gasteiger partial charge in [-0.3, -0.25) is 4.99 Å². The fraction of sp³-hybridized carbons (Fsp3) is 0.938. The molecule has 2 aliphatic rings. The van der Waals surface area contributed by atoms with Gasteiger partial charge in [-0.15, -0.1) is 0 Å². The van der Waals surface area contributed by atoms with Gasteiger partial charge in [-0.1, -0.05) is 0 Å². The van der Waals surface area contributed by atoms with Crippen LogP contribution in [0.25, 0.3) is 0 Å². The number of ether oxygens (including phenoxy) is 1. The zero-order valence-corrected chi connectivity index (χ0v) is 15.4. The highest BCUT2D eigenvalue weighted by Gasteiger charge is 2.28. The van der Waals surface area contributed by atoms with E-state index in [1.165, 1.54) is 0 Å². The SMILES string of the molecule is CC(C)NC(=NCC1CCS(=O)(=O)C1)N(C)CC1CCOCC1. The van der Waals surface area contributed by atoms with Crippen molar-refractivity contribution in [2.75, 3.05) is 44.9 Å². The van der Waals surface area contributed by atoms with E-state index in [2.05, 4.69) is 31.1 Å². The molecule has 7 heteroatoms. The van der Waals surface area contributed by atoms with Gasteiger partial charge in [-0.05, 0) is 44.9 Å². The highest BCUT2D eigenvalue weighted by atomic mass is 32.2. The molecule has 1 unspecified atom stereocenters. The Labute approximate surface area is 140 Å². The van der Waals surface area contributed by atoms with E-state index >= 15 is 0 Å². The van der Waals surface area contributed by atoms with E-state index in [-0.39, 0.29) is 11.7 Å². The Hall–Kier alpha value is -0.820. The van der Waals surface area contributed by atoms with E-state index in [4.69, 9.17) is 9.73 Å². The molecule has 23 heavy (non-hydrogen) atoms. The van der Waals surface area contributed by atoms with Gasteiger partial charge < -0.3 is 15.0 Å². The summed E-state index contributed by atoms with van der Waals surface area (Å²) >= 11 is 0. The van der Waals surface area contributed by atoms with Crippen LogP contribution in [0.3, 0.4) is 0 Å². The smallest absolute Gasteiger partial charge is 0.193 e. The Balaban J connectivity index is 1.93. The molecule has 0 aromatic heterocycles. The zero-order valence-electron chi connectivity index (χ0n) is 14.6. The van der Waals surface area contributed by atoms with Crippen LogP contribution in [0.1, 0.15) is 33.1 Å². The second kappa shape index (κ2) is 8.33. The fourth-order valence-electron chi connectivity index (χ4n) is 3.17. The number of hydrogen-bond donors (Lipinski definition) is 1. The van der Waals surface area contributed by atoms with E-state index in [1.807, 2.05) is 0 Å². The van der Waals surface area contributed by atoms with E-state index < -0.39 is 9.84 Å².